The number of rotatable bonds is 4. The number of anilines is 1. The average Bonchev–Trinajstić information content (AvgIpc) is 3.01. The standard InChI is InChI=1S/C10H14N5O5PS/c11-10-13-8-7(9(22)14-10)12-4-15(8)6-2-1-5(20-6)3-19-21(16,17)18/h4-6H,1-3H2,(H2,16,17,18)(H3,11,13,14,22). The largest absolute Gasteiger partial charge is 0.469 e. The van der Waals surface area contributed by atoms with E-state index in [1.54, 1.807) is 10.9 Å². The highest BCUT2D eigenvalue weighted by Gasteiger charge is 2.30. The molecule has 2 aromatic heterocycles. The number of nitrogens with one attached hydrogen (secondary N) is 1. The number of fused-ring (bicyclic) bond motifs is 1. The number of hydrogen-bond donors (Lipinski definition) is 4. The Balaban J connectivity index is 1.79. The lowest BCUT2D eigenvalue weighted by molar-refractivity contribution is -0.0205. The predicted molar refractivity (Wildman–Crippen MR) is 78.3 cm³/mol. The number of aromatic amines is 1. The van der Waals surface area contributed by atoms with Crippen molar-refractivity contribution in [3.05, 3.63) is 11.0 Å². The van der Waals surface area contributed by atoms with E-state index in [9.17, 15) is 4.57 Å². The summed E-state index contributed by atoms with van der Waals surface area (Å²) in [6.07, 6.45) is 2.06. The Bertz CT molecular complexity index is 801. The van der Waals surface area contributed by atoms with Crippen molar-refractivity contribution in [2.75, 3.05) is 12.3 Å². The molecule has 1 fully saturated rings. The molecule has 0 spiro atoms. The second-order valence-electron chi connectivity index (χ2n) is 4.85. The molecule has 3 rings (SSSR count). The Morgan fingerprint density at radius 3 is 3.09 bits per heavy atom. The summed E-state index contributed by atoms with van der Waals surface area (Å²) in [5, 5.41) is 0. The molecule has 2 aromatic rings. The minimum atomic E-state index is -4.49. The van der Waals surface area contributed by atoms with Crippen LogP contribution in [0.2, 0.25) is 0 Å². The van der Waals surface area contributed by atoms with Crippen molar-refractivity contribution in [3.8, 4) is 0 Å². The third-order valence-corrected chi connectivity index (χ3v) is 4.06. The summed E-state index contributed by atoms with van der Waals surface area (Å²) in [6.45, 7) is -0.174. The van der Waals surface area contributed by atoms with E-state index in [0.717, 1.165) is 0 Å². The van der Waals surface area contributed by atoms with E-state index in [4.69, 9.17) is 32.5 Å². The van der Waals surface area contributed by atoms with Gasteiger partial charge in [-0.05, 0) is 12.8 Å². The third-order valence-electron chi connectivity index (χ3n) is 3.29. The molecular formula is C10H14N5O5PS. The Hall–Kier alpha value is -1.36. The molecule has 2 atom stereocenters. The molecule has 0 aliphatic carbocycles. The van der Waals surface area contributed by atoms with Gasteiger partial charge in [-0.15, -0.1) is 0 Å². The number of phosphoric ester groups is 1. The second kappa shape index (κ2) is 5.69. The van der Waals surface area contributed by atoms with Gasteiger partial charge in [-0.2, -0.15) is 0 Å². The lowest BCUT2D eigenvalue weighted by Crippen LogP contribution is -2.16. The third kappa shape index (κ3) is 3.19. The van der Waals surface area contributed by atoms with E-state index in [-0.39, 0.29) is 18.8 Å². The van der Waals surface area contributed by atoms with Crippen LogP contribution in [0.15, 0.2) is 6.33 Å². The van der Waals surface area contributed by atoms with Crippen molar-refractivity contribution in [2.45, 2.75) is 25.2 Å². The van der Waals surface area contributed by atoms with Crippen LogP contribution in [0.25, 0.3) is 11.2 Å². The zero-order chi connectivity index (χ0) is 15.9. The highest BCUT2D eigenvalue weighted by Crippen LogP contribution is 2.38. The average molecular weight is 347 g/mol. The number of aromatic nitrogens is 4. The Morgan fingerprint density at radius 1 is 1.59 bits per heavy atom. The molecule has 0 aromatic carbocycles. The first kappa shape index (κ1) is 15.5. The van der Waals surface area contributed by atoms with Crippen molar-refractivity contribution in [1.82, 2.24) is 19.5 Å². The van der Waals surface area contributed by atoms with Gasteiger partial charge < -0.3 is 25.2 Å². The van der Waals surface area contributed by atoms with Crippen molar-refractivity contribution < 1.29 is 23.6 Å². The quantitative estimate of drug-likeness (QED) is 0.466. The Morgan fingerprint density at radius 2 is 2.36 bits per heavy atom. The molecular weight excluding hydrogens is 333 g/mol. The number of ether oxygens (including phenoxy) is 1. The maximum Gasteiger partial charge on any atom is 0.469 e. The Kier molecular flexibility index (Phi) is 4.02. The van der Waals surface area contributed by atoms with Crippen LogP contribution in [-0.4, -0.2) is 42.0 Å². The first-order valence-electron chi connectivity index (χ1n) is 6.41. The van der Waals surface area contributed by atoms with Gasteiger partial charge in [-0.3, -0.25) is 9.09 Å². The number of nitrogen functional groups attached to an aromatic ring is 1. The first-order chi connectivity index (χ1) is 10.3. The smallest absolute Gasteiger partial charge is 0.369 e. The number of nitrogens with two attached hydrogens (primary N) is 1. The molecule has 0 saturated carbocycles. The minimum absolute atomic E-state index is 0.174. The molecule has 22 heavy (non-hydrogen) atoms. The molecule has 2 unspecified atom stereocenters. The first-order valence-corrected chi connectivity index (χ1v) is 8.35. The zero-order valence-corrected chi connectivity index (χ0v) is 13.0. The summed E-state index contributed by atoms with van der Waals surface area (Å²) >= 11 is 5.10. The Labute approximate surface area is 129 Å². The lowest BCUT2D eigenvalue weighted by atomic mass is 10.2. The van der Waals surface area contributed by atoms with Crippen molar-refractivity contribution in [2.24, 2.45) is 0 Å². The molecule has 1 saturated heterocycles. The number of nitrogens with zero attached hydrogens (tertiary/aromatic N) is 3. The molecule has 1 aliphatic rings. The lowest BCUT2D eigenvalue weighted by Gasteiger charge is -2.15. The van der Waals surface area contributed by atoms with Gasteiger partial charge in [0, 0.05) is 0 Å². The molecule has 1 aliphatic heterocycles. The second-order valence-corrected chi connectivity index (χ2v) is 6.48. The van der Waals surface area contributed by atoms with Gasteiger partial charge in [0.15, 0.2) is 10.6 Å². The van der Waals surface area contributed by atoms with Crippen LogP contribution in [0.1, 0.15) is 19.1 Å². The van der Waals surface area contributed by atoms with Crippen LogP contribution >= 0.6 is 20.0 Å². The molecule has 0 bridgehead atoms. The summed E-state index contributed by atoms with van der Waals surface area (Å²) in [5.74, 6) is 0.179. The molecule has 5 N–H and O–H groups in total. The van der Waals surface area contributed by atoms with Gasteiger partial charge >= 0.3 is 7.82 Å². The summed E-state index contributed by atoms with van der Waals surface area (Å²) in [7, 11) is -4.49. The van der Waals surface area contributed by atoms with Crippen molar-refractivity contribution >= 4 is 37.2 Å². The fourth-order valence-corrected chi connectivity index (χ4v) is 2.97. The van der Waals surface area contributed by atoms with E-state index in [2.05, 4.69) is 19.5 Å². The highest BCUT2D eigenvalue weighted by atomic mass is 32.1. The summed E-state index contributed by atoms with van der Waals surface area (Å²) in [4.78, 5) is 28.4. The molecule has 120 valence electrons. The van der Waals surface area contributed by atoms with Crippen LogP contribution < -0.4 is 5.73 Å². The SMILES string of the molecule is Nc1nc(=S)c2ncn(C3CCC(COP(=O)(O)O)O3)c2[nH]1. The summed E-state index contributed by atoms with van der Waals surface area (Å²) in [6, 6.07) is 0. The van der Waals surface area contributed by atoms with E-state index >= 15 is 0 Å². The van der Waals surface area contributed by atoms with E-state index < -0.39 is 13.9 Å². The molecule has 3 heterocycles. The van der Waals surface area contributed by atoms with Gasteiger partial charge in [0.2, 0.25) is 0 Å². The minimum Gasteiger partial charge on any atom is -0.369 e. The van der Waals surface area contributed by atoms with Gasteiger partial charge in [0.1, 0.15) is 17.4 Å². The maximum absolute atomic E-state index is 10.7. The van der Waals surface area contributed by atoms with Gasteiger partial charge in [-0.25, -0.2) is 14.5 Å². The van der Waals surface area contributed by atoms with Crippen molar-refractivity contribution in [3.63, 3.8) is 0 Å². The molecule has 0 amide bonds. The van der Waals surface area contributed by atoms with E-state index in [1.807, 2.05) is 0 Å². The summed E-state index contributed by atoms with van der Waals surface area (Å²) < 4.78 is 22.9. The molecule has 12 heteroatoms. The van der Waals surface area contributed by atoms with Crippen LogP contribution in [0, 0.1) is 4.64 Å². The number of H-pyrrole nitrogens is 1. The number of hydrogen-bond acceptors (Lipinski definition) is 7. The van der Waals surface area contributed by atoms with Gasteiger partial charge in [0.05, 0.1) is 19.0 Å². The van der Waals surface area contributed by atoms with Gasteiger partial charge in [0.25, 0.3) is 0 Å². The molecule has 10 nitrogen and oxygen atoms in total. The topological polar surface area (TPSA) is 149 Å². The maximum atomic E-state index is 10.7. The van der Waals surface area contributed by atoms with Crippen LogP contribution in [0.5, 0.6) is 0 Å². The van der Waals surface area contributed by atoms with E-state index in [0.29, 0.717) is 28.6 Å². The molecule has 0 radical (unpaired) electrons. The van der Waals surface area contributed by atoms with E-state index in [1.165, 1.54) is 0 Å². The fraction of sp³-hybridized carbons (Fsp3) is 0.500. The van der Waals surface area contributed by atoms with Crippen LogP contribution in [0.3, 0.4) is 0 Å². The van der Waals surface area contributed by atoms with Crippen molar-refractivity contribution in [1.29, 1.82) is 0 Å². The number of phosphoric acid groups is 1. The van der Waals surface area contributed by atoms with Gasteiger partial charge in [-0.1, -0.05) is 12.2 Å². The zero-order valence-electron chi connectivity index (χ0n) is 11.2. The van der Waals surface area contributed by atoms with Crippen LogP contribution in [0.4, 0.5) is 5.95 Å². The monoisotopic (exact) mass is 347 g/mol. The summed E-state index contributed by atoms with van der Waals surface area (Å²) in [5.41, 5.74) is 6.77. The normalized spacial score (nSPS) is 22.5. The fourth-order valence-electron chi connectivity index (χ4n) is 2.37. The number of imidazole rings is 1. The van der Waals surface area contributed by atoms with Crippen LogP contribution in [-0.2, 0) is 13.8 Å². The highest BCUT2D eigenvalue weighted by molar-refractivity contribution is 7.71. The predicted octanol–water partition coefficient (Wildman–Crippen LogP) is 0.858.